The molecule has 2 rings (SSSR count). The van der Waals surface area contributed by atoms with Gasteiger partial charge in [-0.25, -0.2) is 0 Å². The molecule has 0 fully saturated rings. The molecule has 111 valence electrons. The first-order valence-corrected chi connectivity index (χ1v) is 7.76. The van der Waals surface area contributed by atoms with Crippen molar-refractivity contribution in [1.82, 2.24) is 0 Å². The second-order valence-corrected chi connectivity index (χ2v) is 6.00. The van der Waals surface area contributed by atoms with Crippen LogP contribution in [0.15, 0.2) is 24.3 Å². The van der Waals surface area contributed by atoms with Gasteiger partial charge in [0.2, 0.25) is 0 Å². The molecule has 0 aromatic heterocycles. The van der Waals surface area contributed by atoms with Crippen LogP contribution in [0.25, 0.3) is 0 Å². The summed E-state index contributed by atoms with van der Waals surface area (Å²) in [7, 11) is 0. The first kappa shape index (κ1) is 16.1. The van der Waals surface area contributed by atoms with Gasteiger partial charge in [0.25, 0.3) is 0 Å². The monoisotopic (exact) mass is 289 g/mol. The highest BCUT2D eigenvalue weighted by Crippen LogP contribution is 2.33. The molecule has 0 bridgehead atoms. The molecule has 2 atom stereocenters. The molecule has 22 heavy (non-hydrogen) atoms. The smallest absolute Gasteiger partial charge is 0.145 e. The Morgan fingerprint density at radius 3 is 2.64 bits per heavy atom. The van der Waals surface area contributed by atoms with Gasteiger partial charge < -0.3 is 0 Å². The van der Waals surface area contributed by atoms with E-state index in [-0.39, 0.29) is 5.78 Å². The lowest BCUT2D eigenvalue weighted by atomic mass is 9.73. The van der Waals surface area contributed by atoms with Gasteiger partial charge in [0.1, 0.15) is 5.78 Å². The van der Waals surface area contributed by atoms with Gasteiger partial charge in [0.15, 0.2) is 0 Å². The van der Waals surface area contributed by atoms with Crippen LogP contribution < -0.4 is 0 Å². The van der Waals surface area contributed by atoms with Gasteiger partial charge in [-0.2, -0.15) is 0 Å². The first-order valence-electron chi connectivity index (χ1n) is 7.76. The molecule has 1 nitrogen and oxygen atoms in total. The molecule has 0 aliphatic heterocycles. The lowest BCUT2D eigenvalue weighted by molar-refractivity contribution is -0.120. The summed E-state index contributed by atoms with van der Waals surface area (Å²) in [5.41, 5.74) is 2.13. The maximum atomic E-state index is 12.4. The van der Waals surface area contributed by atoms with Crippen LogP contribution in [0.2, 0.25) is 0 Å². The van der Waals surface area contributed by atoms with Crippen LogP contribution in [-0.2, 0) is 10.2 Å². The van der Waals surface area contributed by atoms with E-state index in [1.54, 1.807) is 6.92 Å². The summed E-state index contributed by atoms with van der Waals surface area (Å²) in [5.74, 6) is 0.546. The fourth-order valence-electron chi connectivity index (χ4n) is 2.78. The van der Waals surface area contributed by atoms with Crippen LogP contribution in [0.5, 0.6) is 0 Å². The molecule has 1 radical (unpaired) electrons. The summed E-state index contributed by atoms with van der Waals surface area (Å²) >= 11 is 0. The maximum absolute atomic E-state index is 12.4. The van der Waals surface area contributed by atoms with Gasteiger partial charge in [-0.15, -0.1) is 0 Å². The number of Topliss-reactive ketones (excluding diaryl/α,β-unsaturated/α-hetero) is 1. The molecule has 2 aromatic carbocycles. The van der Waals surface area contributed by atoms with Gasteiger partial charge in [0, 0.05) is 5.56 Å². The Morgan fingerprint density at radius 1 is 1.27 bits per heavy atom. The van der Waals surface area contributed by atoms with Crippen molar-refractivity contribution in [2.24, 2.45) is 0 Å². The highest BCUT2D eigenvalue weighted by molar-refractivity contribution is 5.91. The minimum Gasteiger partial charge on any atom is -0.299 e. The number of ketones is 1. The molecule has 0 N–H and O–H groups in total. The standard InChI is InChI=1S/C21H21O/c1-5-10-16(2)18-11-9-14-20(15-18)21(4,17(3)22)19-12-7-6-8-13-19/h9,11,14-16H,5,10H2,1-4H3. The Hall–Kier alpha value is -2.25. The van der Waals surface area contributed by atoms with Crippen LogP contribution in [0.1, 0.15) is 63.1 Å². The average molecular weight is 289 g/mol. The topological polar surface area (TPSA) is 17.1 Å². The zero-order valence-electron chi connectivity index (χ0n) is 13.7. The van der Waals surface area contributed by atoms with E-state index in [1.807, 2.05) is 19.1 Å². The van der Waals surface area contributed by atoms with E-state index >= 15 is 0 Å². The Bertz CT molecular complexity index is 629. The first-order chi connectivity index (χ1) is 10.5. The van der Waals surface area contributed by atoms with E-state index < -0.39 is 5.41 Å². The van der Waals surface area contributed by atoms with Crippen molar-refractivity contribution < 1.29 is 4.79 Å². The molecular weight excluding hydrogens is 268 g/mol. The van der Waals surface area contributed by atoms with Gasteiger partial charge in [-0.05, 0) is 49.4 Å². The van der Waals surface area contributed by atoms with Crippen molar-refractivity contribution in [2.45, 2.75) is 51.9 Å². The van der Waals surface area contributed by atoms with Crippen molar-refractivity contribution in [2.75, 3.05) is 0 Å². The molecule has 0 saturated heterocycles. The highest BCUT2D eigenvalue weighted by Gasteiger charge is 2.35. The molecule has 0 amide bonds. The SMILES string of the molecule is CCCC(C)c1cccc(C(C)(C(C)=O)c2[c]c#cc#c2)c1. The van der Waals surface area contributed by atoms with Gasteiger partial charge in [0.05, 0.1) is 11.5 Å². The zero-order valence-corrected chi connectivity index (χ0v) is 13.7. The largest absolute Gasteiger partial charge is 0.299 e. The summed E-state index contributed by atoms with van der Waals surface area (Å²) in [6.07, 6.45) is 2.29. The van der Waals surface area contributed by atoms with Crippen molar-refractivity contribution >= 4 is 5.78 Å². The number of rotatable bonds is 6. The molecule has 1 heteroatoms. The van der Waals surface area contributed by atoms with Crippen LogP contribution in [0.4, 0.5) is 0 Å². The minimum absolute atomic E-state index is 0.0632. The average Bonchev–Trinajstić information content (AvgIpc) is 2.55. The fourth-order valence-corrected chi connectivity index (χ4v) is 2.78. The molecule has 0 heterocycles. The Balaban J connectivity index is 2.51. The van der Waals surface area contributed by atoms with Crippen molar-refractivity contribution in [3.05, 3.63) is 71.3 Å². The van der Waals surface area contributed by atoms with Crippen LogP contribution in [-0.4, -0.2) is 5.78 Å². The van der Waals surface area contributed by atoms with E-state index in [1.165, 1.54) is 5.56 Å². The fraction of sp³-hybridized carbons (Fsp3) is 0.381. The third kappa shape index (κ3) is 3.00. The zero-order chi connectivity index (χ0) is 16.2. The van der Waals surface area contributed by atoms with Gasteiger partial charge >= 0.3 is 0 Å². The Morgan fingerprint density at radius 2 is 2.05 bits per heavy atom. The predicted molar refractivity (Wildman–Crippen MR) is 87.5 cm³/mol. The number of hydrogen-bond acceptors (Lipinski definition) is 1. The molecule has 0 aliphatic carbocycles. The van der Waals surface area contributed by atoms with Crippen molar-refractivity contribution in [3.63, 3.8) is 0 Å². The normalized spacial score (nSPS) is 14.4. The Labute approximate surface area is 134 Å². The predicted octanol–water partition coefficient (Wildman–Crippen LogP) is 4.49. The summed E-state index contributed by atoms with van der Waals surface area (Å²) in [6, 6.07) is 22.4. The molecule has 0 saturated carbocycles. The lowest BCUT2D eigenvalue weighted by Gasteiger charge is -2.27. The van der Waals surface area contributed by atoms with E-state index in [0.717, 1.165) is 18.4 Å². The molecule has 2 aromatic rings. The third-order valence-electron chi connectivity index (χ3n) is 4.46. The van der Waals surface area contributed by atoms with E-state index in [2.05, 4.69) is 56.3 Å². The molecule has 0 spiro atoms. The Kier molecular flexibility index (Phi) is 4.89. The molecule has 0 aliphatic rings. The second-order valence-electron chi connectivity index (χ2n) is 6.00. The summed E-state index contributed by atoms with van der Waals surface area (Å²) in [4.78, 5) is 12.4. The van der Waals surface area contributed by atoms with Crippen molar-refractivity contribution in [1.29, 1.82) is 0 Å². The van der Waals surface area contributed by atoms with E-state index in [0.29, 0.717) is 11.5 Å². The van der Waals surface area contributed by atoms with Crippen LogP contribution >= 0.6 is 0 Å². The van der Waals surface area contributed by atoms with E-state index in [9.17, 15) is 4.79 Å². The van der Waals surface area contributed by atoms with E-state index in [4.69, 9.17) is 0 Å². The van der Waals surface area contributed by atoms with Crippen LogP contribution in [0.3, 0.4) is 0 Å². The van der Waals surface area contributed by atoms with Gasteiger partial charge in [-0.3, -0.25) is 4.79 Å². The third-order valence-corrected chi connectivity index (χ3v) is 4.46. The summed E-state index contributed by atoms with van der Waals surface area (Å²) in [6.45, 7) is 7.95. The molecular formula is C21H21O. The highest BCUT2D eigenvalue weighted by atomic mass is 16.1. The quantitative estimate of drug-likeness (QED) is 0.766. The van der Waals surface area contributed by atoms with Crippen LogP contribution in [0, 0.1) is 30.3 Å². The van der Waals surface area contributed by atoms with Crippen molar-refractivity contribution in [3.8, 4) is 0 Å². The number of hydrogen-bond donors (Lipinski definition) is 0. The number of carbonyl (C=O) groups excluding carboxylic acids is 1. The summed E-state index contributed by atoms with van der Waals surface area (Å²) in [5, 5.41) is 0. The second kappa shape index (κ2) is 6.67. The maximum Gasteiger partial charge on any atom is 0.145 e. The van der Waals surface area contributed by atoms with Gasteiger partial charge in [-0.1, -0.05) is 56.7 Å². The molecule has 2 unspecified atom stereocenters. The summed E-state index contributed by atoms with van der Waals surface area (Å²) < 4.78 is 0. The minimum atomic E-state index is -0.774. The lowest BCUT2D eigenvalue weighted by Crippen LogP contribution is -2.32. The number of carbonyl (C=O) groups is 1. The number of benzene rings is 1.